The SMILES string of the molecule is COc1ccc2nccc(OCC(=O)NC[C@@H]3CN(c4ccc5c(c4)NC(=O)CS5)C(=O)O3)c2n1. The summed E-state index contributed by atoms with van der Waals surface area (Å²) in [4.78, 5) is 47.4. The molecular formula is C23H21N5O6S. The molecule has 2 aromatic heterocycles. The van der Waals surface area contributed by atoms with E-state index >= 15 is 0 Å². The Morgan fingerprint density at radius 2 is 2.17 bits per heavy atom. The summed E-state index contributed by atoms with van der Waals surface area (Å²) in [7, 11) is 1.51. The number of cyclic esters (lactones) is 1. The van der Waals surface area contributed by atoms with Gasteiger partial charge in [0.05, 0.1) is 37.2 Å². The number of rotatable bonds is 7. The summed E-state index contributed by atoms with van der Waals surface area (Å²) in [6, 6.07) is 10.5. The number of hydrogen-bond donors (Lipinski definition) is 2. The number of fused-ring (bicyclic) bond motifs is 2. The van der Waals surface area contributed by atoms with Crippen LogP contribution < -0.4 is 25.0 Å². The van der Waals surface area contributed by atoms with Crippen molar-refractivity contribution in [1.29, 1.82) is 0 Å². The highest BCUT2D eigenvalue weighted by molar-refractivity contribution is 8.00. The van der Waals surface area contributed by atoms with E-state index in [2.05, 4.69) is 20.6 Å². The van der Waals surface area contributed by atoms with Crippen molar-refractivity contribution in [3.05, 3.63) is 42.6 Å². The molecule has 5 rings (SSSR count). The van der Waals surface area contributed by atoms with Crippen LogP contribution in [-0.4, -0.2) is 66.5 Å². The Bertz CT molecular complexity index is 1320. The second-order valence-electron chi connectivity index (χ2n) is 7.76. The second kappa shape index (κ2) is 9.66. The zero-order valence-corrected chi connectivity index (χ0v) is 19.5. The van der Waals surface area contributed by atoms with Crippen molar-refractivity contribution in [2.24, 2.45) is 0 Å². The molecule has 12 heteroatoms. The molecule has 11 nitrogen and oxygen atoms in total. The van der Waals surface area contributed by atoms with Gasteiger partial charge in [0.15, 0.2) is 6.61 Å². The number of methoxy groups -OCH3 is 1. The van der Waals surface area contributed by atoms with Gasteiger partial charge < -0.3 is 24.8 Å². The van der Waals surface area contributed by atoms with E-state index < -0.39 is 12.2 Å². The lowest BCUT2D eigenvalue weighted by molar-refractivity contribution is -0.123. The maximum Gasteiger partial charge on any atom is 0.414 e. The number of benzene rings is 1. The topological polar surface area (TPSA) is 132 Å². The van der Waals surface area contributed by atoms with Crippen molar-refractivity contribution in [3.63, 3.8) is 0 Å². The lowest BCUT2D eigenvalue weighted by atomic mass is 10.2. The molecule has 1 saturated heterocycles. The average molecular weight is 496 g/mol. The number of aromatic nitrogens is 2. The molecule has 4 heterocycles. The fraction of sp³-hybridized carbons (Fsp3) is 0.261. The largest absolute Gasteiger partial charge is 0.481 e. The molecule has 1 aromatic carbocycles. The van der Waals surface area contributed by atoms with Crippen molar-refractivity contribution < 1.29 is 28.6 Å². The first kappa shape index (κ1) is 22.7. The highest BCUT2D eigenvalue weighted by Crippen LogP contribution is 2.35. The molecule has 0 saturated carbocycles. The van der Waals surface area contributed by atoms with Gasteiger partial charge in [0.25, 0.3) is 5.91 Å². The first-order chi connectivity index (χ1) is 17.0. The molecule has 0 aliphatic carbocycles. The number of carbonyl (C=O) groups excluding carboxylic acids is 3. The van der Waals surface area contributed by atoms with Gasteiger partial charge in [-0.3, -0.25) is 19.5 Å². The third kappa shape index (κ3) is 4.92. The molecule has 0 bridgehead atoms. The molecule has 180 valence electrons. The van der Waals surface area contributed by atoms with Crippen molar-refractivity contribution >= 4 is 52.1 Å². The maximum absolute atomic E-state index is 12.4. The first-order valence-electron chi connectivity index (χ1n) is 10.7. The predicted molar refractivity (Wildman–Crippen MR) is 128 cm³/mol. The molecule has 2 N–H and O–H groups in total. The minimum atomic E-state index is -0.529. The van der Waals surface area contributed by atoms with Crippen LogP contribution in [0.1, 0.15) is 0 Å². The molecule has 0 radical (unpaired) electrons. The summed E-state index contributed by atoms with van der Waals surface area (Å²) in [5, 5.41) is 5.53. The number of nitrogens with zero attached hydrogens (tertiary/aromatic N) is 3. The standard InChI is InChI=1S/C23H21N5O6S/c1-32-21-5-3-15-22(27-21)17(6-7-24-15)33-11-19(29)25-9-14-10-28(23(31)34-14)13-2-4-18-16(8-13)26-20(30)12-35-18/h2-8,14H,9-12H2,1H3,(H,25,29)(H,26,30)/t14-/m1/s1. The highest BCUT2D eigenvalue weighted by atomic mass is 32.2. The molecule has 35 heavy (non-hydrogen) atoms. The molecular weight excluding hydrogens is 474 g/mol. The molecule has 3 aromatic rings. The quantitative estimate of drug-likeness (QED) is 0.506. The van der Waals surface area contributed by atoms with Crippen molar-refractivity contribution in [3.8, 4) is 11.6 Å². The fourth-order valence-electron chi connectivity index (χ4n) is 3.71. The molecule has 0 unspecified atom stereocenters. The number of amides is 3. The molecule has 2 aliphatic heterocycles. The van der Waals surface area contributed by atoms with Crippen molar-refractivity contribution in [2.45, 2.75) is 11.0 Å². The fourth-order valence-corrected chi connectivity index (χ4v) is 4.50. The average Bonchev–Trinajstić information content (AvgIpc) is 3.25. The van der Waals surface area contributed by atoms with E-state index in [0.29, 0.717) is 39.8 Å². The van der Waals surface area contributed by atoms with Gasteiger partial charge in [0.1, 0.15) is 17.4 Å². The van der Waals surface area contributed by atoms with E-state index in [0.717, 1.165) is 4.90 Å². The molecule has 0 spiro atoms. The Kier molecular flexibility index (Phi) is 6.27. The van der Waals surface area contributed by atoms with Crippen molar-refractivity contribution in [2.75, 3.05) is 42.8 Å². The van der Waals surface area contributed by atoms with Crippen LogP contribution in [-0.2, 0) is 14.3 Å². The van der Waals surface area contributed by atoms with Gasteiger partial charge in [0, 0.05) is 28.9 Å². The number of ether oxygens (including phenoxy) is 3. The zero-order valence-electron chi connectivity index (χ0n) is 18.6. The van der Waals surface area contributed by atoms with E-state index in [1.807, 2.05) is 6.07 Å². The van der Waals surface area contributed by atoms with E-state index in [1.165, 1.54) is 23.8 Å². The monoisotopic (exact) mass is 495 g/mol. The van der Waals surface area contributed by atoms with Gasteiger partial charge >= 0.3 is 6.09 Å². The van der Waals surface area contributed by atoms with E-state index in [9.17, 15) is 14.4 Å². The summed E-state index contributed by atoms with van der Waals surface area (Å²) < 4.78 is 16.2. The summed E-state index contributed by atoms with van der Waals surface area (Å²) in [6.45, 7) is 0.147. The Morgan fingerprint density at radius 3 is 3.03 bits per heavy atom. The number of thioether (sulfide) groups is 1. The molecule has 2 aliphatic rings. The van der Waals surface area contributed by atoms with Crippen LogP contribution in [0.3, 0.4) is 0 Å². The minimum absolute atomic E-state index is 0.0823. The maximum atomic E-state index is 12.4. The van der Waals surface area contributed by atoms with E-state index in [1.54, 1.807) is 36.5 Å². The van der Waals surface area contributed by atoms with Crippen LogP contribution >= 0.6 is 11.8 Å². The second-order valence-corrected chi connectivity index (χ2v) is 8.77. The summed E-state index contributed by atoms with van der Waals surface area (Å²) >= 11 is 1.45. The number of nitrogens with one attached hydrogen (secondary N) is 2. The van der Waals surface area contributed by atoms with Crippen LogP contribution in [0, 0.1) is 0 Å². The van der Waals surface area contributed by atoms with Gasteiger partial charge in [-0.2, -0.15) is 0 Å². The number of pyridine rings is 2. The lowest BCUT2D eigenvalue weighted by Crippen LogP contribution is -2.37. The minimum Gasteiger partial charge on any atom is -0.481 e. The molecule has 1 atom stereocenters. The van der Waals surface area contributed by atoms with E-state index in [4.69, 9.17) is 14.2 Å². The Hall–Kier alpha value is -4.06. The number of carbonyl (C=O) groups is 3. The summed E-state index contributed by atoms with van der Waals surface area (Å²) in [6.07, 6.45) is 0.527. The molecule has 3 amide bonds. The van der Waals surface area contributed by atoms with Crippen LogP contribution in [0.4, 0.5) is 16.2 Å². The third-order valence-electron chi connectivity index (χ3n) is 5.40. The van der Waals surface area contributed by atoms with Gasteiger partial charge in [-0.15, -0.1) is 11.8 Å². The van der Waals surface area contributed by atoms with E-state index in [-0.39, 0.29) is 31.5 Å². The highest BCUT2D eigenvalue weighted by Gasteiger charge is 2.33. The first-order valence-corrected chi connectivity index (χ1v) is 11.7. The normalized spacial score (nSPS) is 16.9. The van der Waals surface area contributed by atoms with Crippen LogP contribution in [0.2, 0.25) is 0 Å². The zero-order chi connectivity index (χ0) is 24.4. The predicted octanol–water partition coefficient (Wildman–Crippen LogP) is 2.20. The van der Waals surface area contributed by atoms with Crippen LogP contribution in [0.25, 0.3) is 11.0 Å². The Labute approximate surface area is 204 Å². The van der Waals surface area contributed by atoms with Crippen LogP contribution in [0.15, 0.2) is 47.5 Å². The van der Waals surface area contributed by atoms with Gasteiger partial charge in [-0.05, 0) is 24.3 Å². The lowest BCUT2D eigenvalue weighted by Gasteiger charge is -2.20. The third-order valence-corrected chi connectivity index (χ3v) is 6.47. The Balaban J connectivity index is 1.16. The van der Waals surface area contributed by atoms with Crippen LogP contribution in [0.5, 0.6) is 11.6 Å². The van der Waals surface area contributed by atoms with Crippen molar-refractivity contribution in [1.82, 2.24) is 15.3 Å². The smallest absolute Gasteiger partial charge is 0.414 e. The Morgan fingerprint density at radius 1 is 1.29 bits per heavy atom. The summed E-state index contributed by atoms with van der Waals surface area (Å²) in [5.41, 5.74) is 2.38. The number of anilines is 2. The van der Waals surface area contributed by atoms with Gasteiger partial charge in [0.2, 0.25) is 11.8 Å². The number of hydrogen-bond acceptors (Lipinski definition) is 9. The summed E-state index contributed by atoms with van der Waals surface area (Å²) in [5.74, 6) is 0.723. The van der Waals surface area contributed by atoms with Gasteiger partial charge in [-0.25, -0.2) is 9.78 Å². The molecule has 1 fully saturated rings. The van der Waals surface area contributed by atoms with Gasteiger partial charge in [-0.1, -0.05) is 0 Å².